The van der Waals surface area contributed by atoms with Crippen molar-refractivity contribution in [1.29, 1.82) is 0 Å². The minimum atomic E-state index is -0.939. The van der Waals surface area contributed by atoms with Gasteiger partial charge in [0.1, 0.15) is 11.7 Å². The van der Waals surface area contributed by atoms with E-state index in [1.54, 1.807) is 6.07 Å². The Morgan fingerprint density at radius 3 is 2.75 bits per heavy atom. The highest BCUT2D eigenvalue weighted by molar-refractivity contribution is 6.16. The number of fused-ring (bicyclic) bond motifs is 1. The van der Waals surface area contributed by atoms with Crippen molar-refractivity contribution < 1.29 is 23.5 Å². The number of rotatable bonds is 4. The lowest BCUT2D eigenvalue weighted by Crippen LogP contribution is -2.61. The number of imide groups is 2. The average molecular weight is 389 g/mol. The Hall–Kier alpha value is -2.32. The molecule has 1 aliphatic carbocycles. The summed E-state index contributed by atoms with van der Waals surface area (Å²) >= 11 is 0. The van der Waals surface area contributed by atoms with Crippen LogP contribution in [0.5, 0.6) is 0 Å². The van der Waals surface area contributed by atoms with Gasteiger partial charge in [0.05, 0.1) is 0 Å². The fourth-order valence-electron chi connectivity index (χ4n) is 4.59. The van der Waals surface area contributed by atoms with Crippen LogP contribution in [-0.2, 0) is 26.3 Å². The Labute approximate surface area is 162 Å². The average Bonchev–Trinajstić information content (AvgIpc) is 2.98. The standard InChI is InChI=1S/C20H24FN3O4/c21-13-1-2-16-12(11-13)3-7-20(16,22)8-4-15-17(25)23-19(27)24(18(15)26)14-5-9-28-10-6-14/h1-2,11,14-15H,3-10,22H2,(H,23,25,27)/t15?,20-/m1/s1. The molecule has 4 amide bonds. The van der Waals surface area contributed by atoms with Crippen LogP contribution in [0.3, 0.4) is 0 Å². The lowest BCUT2D eigenvalue weighted by atomic mass is 9.84. The highest BCUT2D eigenvalue weighted by Crippen LogP contribution is 2.39. The lowest BCUT2D eigenvalue weighted by molar-refractivity contribution is -0.145. The van der Waals surface area contributed by atoms with Crippen molar-refractivity contribution in [2.24, 2.45) is 11.7 Å². The molecule has 1 aromatic rings. The molecule has 8 heteroatoms. The second-order valence-corrected chi connectivity index (χ2v) is 7.90. The molecule has 0 aromatic heterocycles. The highest BCUT2D eigenvalue weighted by Gasteiger charge is 2.45. The number of urea groups is 1. The number of amides is 4. The molecule has 0 bridgehead atoms. The van der Waals surface area contributed by atoms with E-state index in [0.717, 1.165) is 11.1 Å². The summed E-state index contributed by atoms with van der Waals surface area (Å²) < 4.78 is 18.8. The van der Waals surface area contributed by atoms with Gasteiger partial charge in [-0.25, -0.2) is 9.18 Å². The van der Waals surface area contributed by atoms with Crippen LogP contribution in [0.25, 0.3) is 0 Å². The van der Waals surface area contributed by atoms with E-state index in [2.05, 4.69) is 5.32 Å². The molecular formula is C20H24FN3O4. The van der Waals surface area contributed by atoms with Crippen LogP contribution in [0, 0.1) is 11.7 Å². The maximum atomic E-state index is 13.5. The van der Waals surface area contributed by atoms with Gasteiger partial charge in [-0.05, 0) is 61.8 Å². The van der Waals surface area contributed by atoms with Crippen LogP contribution in [0.15, 0.2) is 18.2 Å². The van der Waals surface area contributed by atoms with E-state index in [9.17, 15) is 18.8 Å². The van der Waals surface area contributed by atoms with Crippen LogP contribution < -0.4 is 11.1 Å². The van der Waals surface area contributed by atoms with Crippen LogP contribution in [0.2, 0.25) is 0 Å². The van der Waals surface area contributed by atoms with Crippen molar-refractivity contribution in [3.63, 3.8) is 0 Å². The number of aryl methyl sites for hydroxylation is 1. The summed E-state index contributed by atoms with van der Waals surface area (Å²) in [7, 11) is 0. The number of nitrogens with zero attached hydrogens (tertiary/aromatic N) is 1. The molecule has 2 atom stereocenters. The van der Waals surface area contributed by atoms with Crippen molar-refractivity contribution in [1.82, 2.24) is 10.2 Å². The maximum absolute atomic E-state index is 13.5. The molecule has 1 unspecified atom stereocenters. The summed E-state index contributed by atoms with van der Waals surface area (Å²) in [5.74, 6) is -2.26. The van der Waals surface area contributed by atoms with Gasteiger partial charge in [-0.2, -0.15) is 0 Å². The third-order valence-corrected chi connectivity index (χ3v) is 6.18. The maximum Gasteiger partial charge on any atom is 0.331 e. The largest absolute Gasteiger partial charge is 0.381 e. The molecule has 150 valence electrons. The lowest BCUT2D eigenvalue weighted by Gasteiger charge is -2.38. The molecule has 2 aliphatic heterocycles. The van der Waals surface area contributed by atoms with E-state index in [0.29, 0.717) is 45.3 Å². The summed E-state index contributed by atoms with van der Waals surface area (Å²) in [6.07, 6.45) is 3.09. The predicted octanol–water partition coefficient (Wildman–Crippen LogP) is 1.58. The van der Waals surface area contributed by atoms with E-state index < -0.39 is 29.3 Å². The first kappa shape index (κ1) is 19.0. The molecule has 0 saturated carbocycles. The van der Waals surface area contributed by atoms with Gasteiger partial charge in [0.15, 0.2) is 0 Å². The summed E-state index contributed by atoms with van der Waals surface area (Å²) in [6.45, 7) is 0.971. The molecule has 0 radical (unpaired) electrons. The van der Waals surface area contributed by atoms with Crippen molar-refractivity contribution >= 4 is 17.8 Å². The number of carbonyl (C=O) groups is 3. The number of nitrogens with two attached hydrogens (primary N) is 1. The Morgan fingerprint density at radius 1 is 1.25 bits per heavy atom. The summed E-state index contributed by atoms with van der Waals surface area (Å²) in [4.78, 5) is 38.7. The number of halogens is 1. The molecule has 3 aliphatic rings. The van der Waals surface area contributed by atoms with E-state index in [1.165, 1.54) is 17.0 Å². The molecule has 2 saturated heterocycles. The third-order valence-electron chi connectivity index (χ3n) is 6.18. The number of carbonyl (C=O) groups excluding carboxylic acids is 3. The predicted molar refractivity (Wildman–Crippen MR) is 97.5 cm³/mol. The summed E-state index contributed by atoms with van der Waals surface area (Å²) in [5.41, 5.74) is 7.62. The van der Waals surface area contributed by atoms with E-state index in [4.69, 9.17) is 10.5 Å². The first-order valence-electron chi connectivity index (χ1n) is 9.72. The van der Waals surface area contributed by atoms with Gasteiger partial charge in [-0.3, -0.25) is 19.8 Å². The molecule has 1 aromatic carbocycles. The fourth-order valence-corrected chi connectivity index (χ4v) is 4.59. The zero-order valence-electron chi connectivity index (χ0n) is 15.6. The number of barbiturate groups is 1. The Kier molecular flexibility index (Phi) is 4.93. The van der Waals surface area contributed by atoms with Gasteiger partial charge in [0.2, 0.25) is 11.8 Å². The second-order valence-electron chi connectivity index (χ2n) is 7.90. The quantitative estimate of drug-likeness (QED) is 0.762. The van der Waals surface area contributed by atoms with Crippen molar-refractivity contribution in [2.45, 2.75) is 50.1 Å². The Morgan fingerprint density at radius 2 is 2.00 bits per heavy atom. The van der Waals surface area contributed by atoms with Gasteiger partial charge in [0.25, 0.3) is 0 Å². The van der Waals surface area contributed by atoms with Gasteiger partial charge < -0.3 is 10.5 Å². The number of nitrogens with one attached hydrogen (secondary N) is 1. The zero-order valence-corrected chi connectivity index (χ0v) is 15.6. The molecule has 2 fully saturated rings. The minimum Gasteiger partial charge on any atom is -0.381 e. The molecule has 28 heavy (non-hydrogen) atoms. The molecule has 0 spiro atoms. The summed E-state index contributed by atoms with van der Waals surface area (Å²) in [6, 6.07) is 3.67. The normalized spacial score (nSPS) is 28.4. The molecule has 7 nitrogen and oxygen atoms in total. The first-order valence-corrected chi connectivity index (χ1v) is 9.72. The van der Waals surface area contributed by atoms with Gasteiger partial charge >= 0.3 is 6.03 Å². The molecular weight excluding hydrogens is 365 g/mol. The van der Waals surface area contributed by atoms with Crippen molar-refractivity contribution in [3.8, 4) is 0 Å². The van der Waals surface area contributed by atoms with E-state index in [-0.39, 0.29) is 18.3 Å². The molecule has 4 rings (SSSR count). The summed E-state index contributed by atoms with van der Waals surface area (Å²) in [5, 5.41) is 2.32. The van der Waals surface area contributed by atoms with Gasteiger partial charge in [-0.15, -0.1) is 0 Å². The molecule has 2 heterocycles. The van der Waals surface area contributed by atoms with Crippen LogP contribution in [0.4, 0.5) is 9.18 Å². The second kappa shape index (κ2) is 7.25. The highest BCUT2D eigenvalue weighted by atomic mass is 19.1. The SMILES string of the molecule is N[C@@]1(CCC2C(=O)NC(=O)N(C3CCOCC3)C2=O)CCc2cc(F)ccc21. The van der Waals surface area contributed by atoms with E-state index in [1.807, 2.05) is 0 Å². The van der Waals surface area contributed by atoms with Crippen molar-refractivity contribution in [3.05, 3.63) is 35.1 Å². The number of benzene rings is 1. The topological polar surface area (TPSA) is 102 Å². The number of hydrogen-bond donors (Lipinski definition) is 2. The zero-order chi connectivity index (χ0) is 19.9. The van der Waals surface area contributed by atoms with Crippen LogP contribution in [0.1, 0.15) is 43.2 Å². The van der Waals surface area contributed by atoms with Crippen LogP contribution in [-0.4, -0.2) is 42.0 Å². The van der Waals surface area contributed by atoms with Gasteiger partial charge in [-0.1, -0.05) is 6.07 Å². The smallest absolute Gasteiger partial charge is 0.331 e. The Balaban J connectivity index is 1.49. The fraction of sp³-hybridized carbons (Fsp3) is 0.550. The van der Waals surface area contributed by atoms with Crippen molar-refractivity contribution in [2.75, 3.05) is 13.2 Å². The third kappa shape index (κ3) is 3.31. The Bertz CT molecular complexity index is 824. The minimum absolute atomic E-state index is 0.241. The van der Waals surface area contributed by atoms with Crippen LogP contribution >= 0.6 is 0 Å². The number of ether oxygens (including phenoxy) is 1. The van der Waals surface area contributed by atoms with E-state index >= 15 is 0 Å². The van der Waals surface area contributed by atoms with Gasteiger partial charge in [0, 0.05) is 24.8 Å². The monoisotopic (exact) mass is 389 g/mol. The molecule has 3 N–H and O–H groups in total. The first-order chi connectivity index (χ1) is 13.4. The number of hydrogen-bond acceptors (Lipinski definition) is 5.